The van der Waals surface area contributed by atoms with Crippen LogP contribution in [0.3, 0.4) is 0 Å². The Labute approximate surface area is 190 Å². The van der Waals surface area contributed by atoms with Gasteiger partial charge in [0.05, 0.1) is 10.7 Å². The largest absolute Gasteiger partial charge is 0.361 e. The summed E-state index contributed by atoms with van der Waals surface area (Å²) in [5.74, 6) is -0.717. The molecule has 7 nitrogen and oxygen atoms in total. The molecule has 2 N–H and O–H groups in total. The Balaban J connectivity index is 1.43. The van der Waals surface area contributed by atoms with Crippen molar-refractivity contribution in [3.8, 4) is 0 Å². The van der Waals surface area contributed by atoms with Gasteiger partial charge < -0.3 is 9.84 Å². The van der Waals surface area contributed by atoms with Crippen LogP contribution in [0.4, 0.5) is 10.1 Å². The van der Waals surface area contributed by atoms with Crippen LogP contribution in [0, 0.1) is 12.7 Å². The highest BCUT2D eigenvalue weighted by Crippen LogP contribution is 2.35. The average molecular weight is 471 g/mol. The third kappa shape index (κ3) is 4.53. The lowest BCUT2D eigenvalue weighted by molar-refractivity contribution is 0.0958. The summed E-state index contributed by atoms with van der Waals surface area (Å²) < 4.78 is 18.9. The molecule has 162 valence electrons. The number of anilines is 1. The first-order valence-electron chi connectivity index (χ1n) is 9.39. The van der Waals surface area contributed by atoms with Gasteiger partial charge in [-0.05, 0) is 49.7 Å². The Kier molecular flexibility index (Phi) is 6.02. The number of fused-ring (bicyclic) bond motifs is 1. The van der Waals surface area contributed by atoms with Gasteiger partial charge in [-0.15, -0.1) is 11.3 Å². The number of nitrogens with one attached hydrogen (secondary N) is 2. The number of nitrogens with zero attached hydrogens (tertiary/aromatic N) is 2. The van der Waals surface area contributed by atoms with Gasteiger partial charge in [0.25, 0.3) is 11.8 Å². The minimum absolute atomic E-state index is 0.190. The summed E-state index contributed by atoms with van der Waals surface area (Å²) in [6.07, 6.45) is 0. The number of aromatic nitrogens is 1. The average Bonchev–Trinajstić information content (AvgIpc) is 3.35. The summed E-state index contributed by atoms with van der Waals surface area (Å²) in [4.78, 5) is 24.9. The molecule has 0 radical (unpaired) electrons. The minimum Gasteiger partial charge on any atom is -0.361 e. The number of amides is 2. The molecular weight excluding hydrogens is 455 g/mol. The molecule has 0 saturated heterocycles. The van der Waals surface area contributed by atoms with Crippen LogP contribution >= 0.6 is 22.9 Å². The molecule has 0 aliphatic carbocycles. The maximum Gasteiger partial charge on any atom is 0.283 e. The van der Waals surface area contributed by atoms with Gasteiger partial charge in [0.2, 0.25) is 0 Å². The van der Waals surface area contributed by atoms with E-state index in [1.807, 2.05) is 0 Å². The summed E-state index contributed by atoms with van der Waals surface area (Å²) >= 11 is 7.37. The molecule has 2 amide bonds. The summed E-state index contributed by atoms with van der Waals surface area (Å²) in [5.41, 5.74) is 4.53. The van der Waals surface area contributed by atoms with Crippen molar-refractivity contribution in [2.45, 2.75) is 13.8 Å². The molecule has 0 bridgehead atoms. The molecule has 4 rings (SSSR count). The third-order valence-corrected chi connectivity index (χ3v) is 6.20. The number of halogens is 2. The fourth-order valence-corrected chi connectivity index (χ4v) is 4.33. The highest BCUT2D eigenvalue weighted by atomic mass is 35.5. The molecule has 0 unspecified atom stereocenters. The Morgan fingerprint density at radius 2 is 1.88 bits per heavy atom. The molecule has 0 spiro atoms. The second-order valence-electron chi connectivity index (χ2n) is 6.88. The second-order valence-corrected chi connectivity index (χ2v) is 8.31. The zero-order valence-electron chi connectivity index (χ0n) is 16.9. The summed E-state index contributed by atoms with van der Waals surface area (Å²) in [7, 11) is 0. The number of hydrogen-bond acceptors (Lipinski definition) is 6. The van der Waals surface area contributed by atoms with E-state index in [1.54, 1.807) is 50.2 Å². The maximum absolute atomic E-state index is 13.4. The topological polar surface area (TPSA) is 96.6 Å². The van der Waals surface area contributed by atoms with Crippen molar-refractivity contribution in [2.75, 3.05) is 5.32 Å². The Morgan fingerprint density at radius 3 is 2.56 bits per heavy atom. The number of benzene rings is 2. The molecular formula is C22H16ClFN4O3S. The molecule has 2 aromatic carbocycles. The highest BCUT2D eigenvalue weighted by molar-refractivity contribution is 7.21. The van der Waals surface area contributed by atoms with Crippen LogP contribution in [-0.2, 0) is 0 Å². The second kappa shape index (κ2) is 8.89. The Hall–Kier alpha value is -3.56. The van der Waals surface area contributed by atoms with Crippen molar-refractivity contribution in [1.29, 1.82) is 0 Å². The van der Waals surface area contributed by atoms with Gasteiger partial charge in [-0.2, -0.15) is 5.10 Å². The van der Waals surface area contributed by atoms with Gasteiger partial charge in [-0.1, -0.05) is 28.9 Å². The van der Waals surface area contributed by atoms with E-state index in [0.717, 1.165) is 16.9 Å². The molecule has 10 heteroatoms. The van der Waals surface area contributed by atoms with Crippen molar-refractivity contribution >= 4 is 56.2 Å². The van der Waals surface area contributed by atoms with Crippen LogP contribution in [0.25, 0.3) is 10.1 Å². The van der Waals surface area contributed by atoms with Gasteiger partial charge >= 0.3 is 0 Å². The van der Waals surface area contributed by atoms with Crippen LogP contribution in [0.15, 0.2) is 58.2 Å². The summed E-state index contributed by atoms with van der Waals surface area (Å²) in [6.45, 7) is 3.43. The van der Waals surface area contributed by atoms with Gasteiger partial charge in [-0.3, -0.25) is 9.59 Å². The first kappa shape index (κ1) is 21.7. The predicted molar refractivity (Wildman–Crippen MR) is 122 cm³/mol. The maximum atomic E-state index is 13.4. The Morgan fingerprint density at radius 1 is 1.12 bits per heavy atom. The van der Waals surface area contributed by atoms with Gasteiger partial charge in [-0.25, -0.2) is 9.82 Å². The van der Waals surface area contributed by atoms with E-state index in [1.165, 1.54) is 12.1 Å². The molecule has 0 atom stereocenters. The summed E-state index contributed by atoms with van der Waals surface area (Å²) in [6, 6.07) is 12.6. The molecule has 0 aliphatic heterocycles. The van der Waals surface area contributed by atoms with Crippen molar-refractivity contribution in [3.63, 3.8) is 0 Å². The normalized spacial score (nSPS) is 11.6. The van der Waals surface area contributed by atoms with E-state index in [-0.39, 0.29) is 21.5 Å². The molecule has 2 aromatic heterocycles. The van der Waals surface area contributed by atoms with E-state index in [2.05, 4.69) is 21.0 Å². The SMILES string of the molecule is C/C(=N/NC(=O)c1sc2cc(F)ccc2c1Cl)c1ccc(NC(=O)c2cc(C)on2)cc1. The van der Waals surface area contributed by atoms with E-state index in [4.69, 9.17) is 16.1 Å². The number of carbonyl (C=O) groups is 2. The quantitative estimate of drug-likeness (QED) is 0.301. The molecule has 2 heterocycles. The monoisotopic (exact) mass is 470 g/mol. The first-order valence-corrected chi connectivity index (χ1v) is 10.6. The van der Waals surface area contributed by atoms with Gasteiger partial charge in [0.1, 0.15) is 16.5 Å². The molecule has 4 aromatic rings. The first-order chi connectivity index (χ1) is 15.3. The van der Waals surface area contributed by atoms with Gasteiger partial charge in [0.15, 0.2) is 5.69 Å². The smallest absolute Gasteiger partial charge is 0.283 e. The Bertz CT molecular complexity index is 1360. The van der Waals surface area contributed by atoms with Crippen LogP contribution in [0.1, 0.15) is 38.4 Å². The lowest BCUT2D eigenvalue weighted by atomic mass is 10.1. The minimum atomic E-state index is -0.484. The number of hydrogen-bond donors (Lipinski definition) is 2. The summed E-state index contributed by atoms with van der Waals surface area (Å²) in [5, 5.41) is 11.4. The molecule has 0 fully saturated rings. The van der Waals surface area contributed by atoms with E-state index in [9.17, 15) is 14.0 Å². The molecule has 32 heavy (non-hydrogen) atoms. The van der Waals surface area contributed by atoms with Crippen LogP contribution in [0.2, 0.25) is 5.02 Å². The van der Waals surface area contributed by atoms with E-state index in [0.29, 0.717) is 27.2 Å². The standard InChI is InChI=1S/C22H16ClFN4O3S/c1-11-9-17(28-31-11)21(29)25-15-6-3-13(4-7-15)12(2)26-27-22(30)20-19(23)16-8-5-14(24)10-18(16)32-20/h3-10H,1-2H3,(H,25,29)(H,27,30)/b26-12-. The fourth-order valence-electron chi connectivity index (χ4n) is 2.90. The number of carbonyl (C=O) groups excluding carboxylic acids is 2. The van der Waals surface area contributed by atoms with Crippen molar-refractivity contribution in [1.82, 2.24) is 10.6 Å². The fraction of sp³-hybridized carbons (Fsp3) is 0.0909. The molecule has 0 saturated carbocycles. The highest BCUT2D eigenvalue weighted by Gasteiger charge is 2.17. The third-order valence-electron chi connectivity index (χ3n) is 4.54. The number of thiophene rings is 1. The van der Waals surface area contributed by atoms with E-state index >= 15 is 0 Å². The lowest BCUT2D eigenvalue weighted by Crippen LogP contribution is -2.18. The lowest BCUT2D eigenvalue weighted by Gasteiger charge is -2.05. The zero-order valence-corrected chi connectivity index (χ0v) is 18.5. The zero-order chi connectivity index (χ0) is 22.8. The van der Waals surface area contributed by atoms with Crippen molar-refractivity contribution in [2.24, 2.45) is 5.10 Å². The van der Waals surface area contributed by atoms with Crippen molar-refractivity contribution < 1.29 is 18.5 Å². The number of rotatable bonds is 5. The van der Waals surface area contributed by atoms with Crippen LogP contribution in [-0.4, -0.2) is 22.7 Å². The van der Waals surface area contributed by atoms with Crippen LogP contribution in [0.5, 0.6) is 0 Å². The number of aryl methyl sites for hydroxylation is 1. The van der Waals surface area contributed by atoms with Crippen LogP contribution < -0.4 is 10.7 Å². The van der Waals surface area contributed by atoms with Crippen molar-refractivity contribution in [3.05, 3.63) is 81.3 Å². The van der Waals surface area contributed by atoms with Gasteiger partial charge in [0, 0.05) is 21.8 Å². The number of hydrazone groups is 1. The van der Waals surface area contributed by atoms with E-state index < -0.39 is 11.7 Å². The predicted octanol–water partition coefficient (Wildman–Crippen LogP) is 5.40. The molecule has 0 aliphatic rings.